The second kappa shape index (κ2) is 6.51. The lowest BCUT2D eigenvalue weighted by atomic mass is 9.82. The van der Waals surface area contributed by atoms with Gasteiger partial charge in [0.15, 0.2) is 0 Å². The maximum atomic E-state index is 13.2. The highest BCUT2D eigenvalue weighted by Crippen LogP contribution is 2.36. The quantitative estimate of drug-likeness (QED) is 0.865. The highest BCUT2D eigenvalue weighted by atomic mass is 16.2. The number of aromatic nitrogens is 1. The lowest BCUT2D eigenvalue weighted by Crippen LogP contribution is -2.50. The summed E-state index contributed by atoms with van der Waals surface area (Å²) >= 11 is 0. The van der Waals surface area contributed by atoms with Crippen molar-refractivity contribution in [2.45, 2.75) is 38.1 Å². The van der Waals surface area contributed by atoms with Crippen molar-refractivity contribution in [2.24, 2.45) is 5.92 Å². The lowest BCUT2D eigenvalue weighted by Gasteiger charge is -2.43. The summed E-state index contributed by atoms with van der Waals surface area (Å²) in [6, 6.07) is 15.6. The van der Waals surface area contributed by atoms with Crippen LogP contribution in [-0.4, -0.2) is 28.5 Å². The molecule has 2 bridgehead atoms. The highest BCUT2D eigenvalue weighted by Gasteiger charge is 2.37. The molecule has 2 aliphatic rings. The molecule has 1 amide bonds. The number of carbonyl (C=O) groups excluding carboxylic acids is 1. The zero-order valence-corrected chi connectivity index (χ0v) is 14.6. The Morgan fingerprint density at radius 3 is 2.64 bits per heavy atom. The van der Waals surface area contributed by atoms with E-state index in [4.69, 9.17) is 0 Å². The number of rotatable bonds is 3. The Morgan fingerprint density at radius 1 is 1.08 bits per heavy atom. The molecule has 0 aliphatic carbocycles. The fourth-order valence-corrected chi connectivity index (χ4v) is 4.54. The largest absolute Gasteiger partial charge is 0.341 e. The summed E-state index contributed by atoms with van der Waals surface area (Å²) in [6.45, 7) is 4.30. The van der Waals surface area contributed by atoms with E-state index in [1.54, 1.807) is 6.07 Å². The molecular formula is C21H24N2O2. The molecule has 4 rings (SSSR count). The minimum atomic E-state index is -0.0713. The molecule has 3 heterocycles. The predicted octanol–water partition coefficient (Wildman–Crippen LogP) is 2.99. The molecule has 4 heteroatoms. The van der Waals surface area contributed by atoms with E-state index in [-0.39, 0.29) is 23.3 Å². The Balaban J connectivity index is 1.59. The van der Waals surface area contributed by atoms with Gasteiger partial charge in [0.05, 0.1) is 5.92 Å². The first kappa shape index (κ1) is 16.1. The third-order valence-electron chi connectivity index (χ3n) is 5.70. The number of piperidine rings is 1. The number of hydrogen-bond donors (Lipinski definition) is 0. The Morgan fingerprint density at radius 2 is 1.88 bits per heavy atom. The third-order valence-corrected chi connectivity index (χ3v) is 5.70. The van der Waals surface area contributed by atoms with Gasteiger partial charge in [-0.2, -0.15) is 0 Å². The number of pyridine rings is 1. The number of likely N-dealkylation sites (tertiary alicyclic amines) is 1. The molecule has 0 saturated carbocycles. The summed E-state index contributed by atoms with van der Waals surface area (Å²) in [5, 5.41) is 0. The third kappa shape index (κ3) is 2.90. The summed E-state index contributed by atoms with van der Waals surface area (Å²) < 4.78 is 1.91. The Bertz CT molecular complexity index is 827. The Kier molecular flexibility index (Phi) is 4.20. The smallest absolute Gasteiger partial charge is 0.250 e. The second-order valence-corrected chi connectivity index (χ2v) is 7.31. The molecule has 4 nitrogen and oxygen atoms in total. The van der Waals surface area contributed by atoms with Crippen LogP contribution in [0.2, 0.25) is 0 Å². The summed E-state index contributed by atoms with van der Waals surface area (Å²) in [6.07, 6.45) is 1.89. The van der Waals surface area contributed by atoms with Crippen molar-refractivity contribution in [3.05, 3.63) is 70.1 Å². The number of nitrogens with zero attached hydrogens (tertiary/aromatic N) is 2. The van der Waals surface area contributed by atoms with Crippen LogP contribution in [0.25, 0.3) is 0 Å². The Labute approximate surface area is 148 Å². The molecule has 1 saturated heterocycles. The number of amides is 1. The molecule has 1 aromatic carbocycles. The normalized spacial score (nSPS) is 23.0. The zero-order chi connectivity index (χ0) is 17.4. The van der Waals surface area contributed by atoms with Crippen molar-refractivity contribution >= 4 is 5.91 Å². The van der Waals surface area contributed by atoms with Gasteiger partial charge >= 0.3 is 0 Å². The minimum absolute atomic E-state index is 0.0713. The van der Waals surface area contributed by atoms with Crippen LogP contribution in [0.3, 0.4) is 0 Å². The van der Waals surface area contributed by atoms with Crippen molar-refractivity contribution < 1.29 is 4.79 Å². The summed E-state index contributed by atoms with van der Waals surface area (Å²) in [5.41, 5.74) is 2.28. The molecular weight excluding hydrogens is 312 g/mol. The molecule has 2 aliphatic heterocycles. The number of benzene rings is 1. The molecule has 130 valence electrons. The first-order chi connectivity index (χ1) is 12.2. The maximum absolute atomic E-state index is 13.2. The summed E-state index contributed by atoms with van der Waals surface area (Å²) in [5.74, 6) is 0.815. The fraction of sp³-hybridized carbons (Fsp3) is 0.429. The standard InChI is InChI=1S/C21H24N2O2/c1-2-18(16-7-4-3-5-8-16)21(25)22-12-15-11-17(14-22)19-9-6-10-20(24)23(19)13-15/h3-10,15,17-18H,2,11-14H2,1H3/t15-,17+,18?/m1/s1. The molecule has 2 aromatic rings. The second-order valence-electron chi connectivity index (χ2n) is 7.31. The van der Waals surface area contributed by atoms with Gasteiger partial charge in [-0.05, 0) is 30.4 Å². The first-order valence-corrected chi connectivity index (χ1v) is 9.21. The van der Waals surface area contributed by atoms with Crippen LogP contribution in [0.1, 0.15) is 42.9 Å². The molecule has 0 N–H and O–H groups in total. The van der Waals surface area contributed by atoms with Crippen molar-refractivity contribution in [3.63, 3.8) is 0 Å². The zero-order valence-electron chi connectivity index (χ0n) is 14.6. The fourth-order valence-electron chi connectivity index (χ4n) is 4.54. The summed E-state index contributed by atoms with van der Waals surface area (Å²) in [7, 11) is 0. The topological polar surface area (TPSA) is 42.3 Å². The van der Waals surface area contributed by atoms with Gasteiger partial charge in [0.2, 0.25) is 5.91 Å². The van der Waals surface area contributed by atoms with E-state index in [0.717, 1.165) is 43.7 Å². The van der Waals surface area contributed by atoms with Crippen LogP contribution < -0.4 is 5.56 Å². The van der Waals surface area contributed by atoms with Crippen molar-refractivity contribution in [1.29, 1.82) is 0 Å². The van der Waals surface area contributed by atoms with Crippen LogP contribution in [0.4, 0.5) is 0 Å². The van der Waals surface area contributed by atoms with E-state index < -0.39 is 0 Å². The minimum Gasteiger partial charge on any atom is -0.341 e. The average Bonchev–Trinajstić information content (AvgIpc) is 2.64. The van der Waals surface area contributed by atoms with E-state index in [9.17, 15) is 9.59 Å². The molecule has 0 spiro atoms. The highest BCUT2D eigenvalue weighted by molar-refractivity contribution is 5.84. The van der Waals surface area contributed by atoms with Crippen molar-refractivity contribution in [3.8, 4) is 0 Å². The molecule has 25 heavy (non-hydrogen) atoms. The van der Waals surface area contributed by atoms with Gasteiger partial charge in [0, 0.05) is 37.3 Å². The van der Waals surface area contributed by atoms with Gasteiger partial charge in [0.25, 0.3) is 5.56 Å². The predicted molar refractivity (Wildman–Crippen MR) is 97.6 cm³/mol. The van der Waals surface area contributed by atoms with Gasteiger partial charge in [-0.25, -0.2) is 0 Å². The van der Waals surface area contributed by atoms with Crippen LogP contribution in [0, 0.1) is 5.92 Å². The van der Waals surface area contributed by atoms with Gasteiger partial charge in [-0.15, -0.1) is 0 Å². The lowest BCUT2D eigenvalue weighted by molar-refractivity contribution is -0.135. The number of fused-ring (bicyclic) bond motifs is 4. The monoisotopic (exact) mass is 336 g/mol. The SMILES string of the molecule is CCC(C(=O)N1C[C@H]2C[C@@H](C1)c1cccc(=O)n1C2)c1ccccc1. The first-order valence-electron chi connectivity index (χ1n) is 9.21. The van der Waals surface area contributed by atoms with Crippen molar-refractivity contribution in [1.82, 2.24) is 9.47 Å². The van der Waals surface area contributed by atoms with E-state index in [2.05, 4.69) is 6.92 Å². The van der Waals surface area contributed by atoms with E-state index in [1.807, 2.05) is 51.9 Å². The van der Waals surface area contributed by atoms with Crippen LogP contribution >= 0.6 is 0 Å². The van der Waals surface area contributed by atoms with Crippen LogP contribution in [-0.2, 0) is 11.3 Å². The average molecular weight is 336 g/mol. The van der Waals surface area contributed by atoms with Gasteiger partial charge in [-0.1, -0.05) is 43.3 Å². The van der Waals surface area contributed by atoms with Crippen LogP contribution in [0.15, 0.2) is 53.3 Å². The van der Waals surface area contributed by atoms with Crippen LogP contribution in [0.5, 0.6) is 0 Å². The maximum Gasteiger partial charge on any atom is 0.250 e. The van der Waals surface area contributed by atoms with Gasteiger partial charge < -0.3 is 9.47 Å². The molecule has 1 aromatic heterocycles. The van der Waals surface area contributed by atoms with E-state index in [0.29, 0.717) is 5.92 Å². The van der Waals surface area contributed by atoms with Gasteiger partial charge in [0.1, 0.15) is 0 Å². The number of carbonyl (C=O) groups is 1. The molecule has 3 atom stereocenters. The number of hydrogen-bond acceptors (Lipinski definition) is 2. The van der Waals surface area contributed by atoms with Crippen molar-refractivity contribution in [2.75, 3.05) is 13.1 Å². The molecule has 1 fully saturated rings. The summed E-state index contributed by atoms with van der Waals surface area (Å²) in [4.78, 5) is 27.4. The Hall–Kier alpha value is -2.36. The molecule has 0 radical (unpaired) electrons. The van der Waals surface area contributed by atoms with E-state index >= 15 is 0 Å². The van der Waals surface area contributed by atoms with Gasteiger partial charge in [-0.3, -0.25) is 9.59 Å². The molecule has 1 unspecified atom stereocenters. The van der Waals surface area contributed by atoms with E-state index in [1.165, 1.54) is 0 Å².